The highest BCUT2D eigenvalue weighted by Crippen LogP contribution is 2.29. The third-order valence-corrected chi connectivity index (χ3v) is 7.79. The summed E-state index contributed by atoms with van der Waals surface area (Å²) in [7, 11) is 0. The highest BCUT2D eigenvalue weighted by Gasteiger charge is 2.19. The number of anilines is 2. The molecule has 4 aromatic rings. The van der Waals surface area contributed by atoms with Crippen LogP contribution in [-0.4, -0.2) is 29.6 Å². The van der Waals surface area contributed by atoms with Crippen molar-refractivity contribution in [2.24, 2.45) is 0 Å². The summed E-state index contributed by atoms with van der Waals surface area (Å²) < 4.78 is 5.46. The number of hydrogen-bond donors (Lipinski definition) is 3. The summed E-state index contributed by atoms with van der Waals surface area (Å²) in [5.74, 6) is -0.291. The zero-order chi connectivity index (χ0) is 30.6. The second-order valence-electron chi connectivity index (χ2n) is 9.37. The Morgan fingerprint density at radius 2 is 1.56 bits per heavy atom. The van der Waals surface area contributed by atoms with Crippen molar-refractivity contribution < 1.29 is 19.1 Å². The Kier molecular flexibility index (Phi) is 11.4. The molecule has 220 valence electrons. The predicted octanol–water partition coefficient (Wildman–Crippen LogP) is 7.66. The number of rotatable bonds is 12. The number of nitrogens with one attached hydrogen (secondary N) is 3. The molecule has 0 aromatic heterocycles. The van der Waals surface area contributed by atoms with Gasteiger partial charge in [0.25, 0.3) is 11.8 Å². The first-order valence-corrected chi connectivity index (χ1v) is 15.1. The number of benzene rings is 4. The van der Waals surface area contributed by atoms with E-state index in [-0.39, 0.29) is 16.9 Å². The van der Waals surface area contributed by atoms with E-state index in [0.29, 0.717) is 40.6 Å². The summed E-state index contributed by atoms with van der Waals surface area (Å²) in [4.78, 5) is 40.2. The van der Waals surface area contributed by atoms with Crippen molar-refractivity contribution in [3.05, 3.63) is 125 Å². The molecule has 9 heteroatoms. The van der Waals surface area contributed by atoms with Crippen molar-refractivity contribution in [1.29, 1.82) is 0 Å². The molecule has 0 spiro atoms. The summed E-state index contributed by atoms with van der Waals surface area (Å²) in [6.45, 7) is 4.44. The summed E-state index contributed by atoms with van der Waals surface area (Å²) in [5, 5.41) is 8.77. The molecule has 0 radical (unpaired) electrons. The average Bonchev–Trinajstić information content (AvgIpc) is 3.02. The number of hydrogen-bond acceptors (Lipinski definition) is 5. The van der Waals surface area contributed by atoms with Crippen LogP contribution >= 0.6 is 23.4 Å². The SMILES string of the molecule is CCOc1ccc(NC(=O)C(CC)Sc2cccc(NC(=O)/C(=C/c3ccc(Cl)cc3)NC(=O)c3ccccc3)c2)cc1. The van der Waals surface area contributed by atoms with Crippen molar-refractivity contribution >= 4 is 58.5 Å². The molecule has 3 N–H and O–H groups in total. The largest absolute Gasteiger partial charge is 0.494 e. The van der Waals surface area contributed by atoms with Crippen LogP contribution in [0.25, 0.3) is 6.08 Å². The maximum Gasteiger partial charge on any atom is 0.272 e. The second kappa shape index (κ2) is 15.6. The molecular weight excluding hydrogens is 582 g/mol. The fourth-order valence-electron chi connectivity index (χ4n) is 4.02. The highest BCUT2D eigenvalue weighted by atomic mass is 35.5. The van der Waals surface area contributed by atoms with E-state index in [4.69, 9.17) is 16.3 Å². The lowest BCUT2D eigenvalue weighted by Gasteiger charge is -2.16. The van der Waals surface area contributed by atoms with Crippen molar-refractivity contribution in [2.45, 2.75) is 30.4 Å². The average molecular weight is 614 g/mol. The molecule has 7 nitrogen and oxygen atoms in total. The molecule has 0 bridgehead atoms. The van der Waals surface area contributed by atoms with Crippen LogP contribution in [0.3, 0.4) is 0 Å². The van der Waals surface area contributed by atoms with Gasteiger partial charge < -0.3 is 20.7 Å². The number of ether oxygens (including phenoxy) is 1. The van der Waals surface area contributed by atoms with E-state index in [1.54, 1.807) is 72.8 Å². The van der Waals surface area contributed by atoms with E-state index in [9.17, 15) is 14.4 Å². The molecule has 0 aliphatic rings. The minimum Gasteiger partial charge on any atom is -0.494 e. The van der Waals surface area contributed by atoms with Crippen molar-refractivity contribution in [3.63, 3.8) is 0 Å². The highest BCUT2D eigenvalue weighted by molar-refractivity contribution is 8.00. The van der Waals surface area contributed by atoms with Crippen molar-refractivity contribution in [2.75, 3.05) is 17.2 Å². The number of halogens is 1. The van der Waals surface area contributed by atoms with E-state index in [2.05, 4.69) is 16.0 Å². The van der Waals surface area contributed by atoms with Crippen LogP contribution in [-0.2, 0) is 9.59 Å². The van der Waals surface area contributed by atoms with Gasteiger partial charge in [-0.3, -0.25) is 14.4 Å². The summed E-state index contributed by atoms with van der Waals surface area (Å²) in [5.41, 5.74) is 2.38. The summed E-state index contributed by atoms with van der Waals surface area (Å²) in [6, 6.07) is 30.1. The normalized spacial score (nSPS) is 11.7. The maximum absolute atomic E-state index is 13.4. The fraction of sp³-hybridized carbons (Fsp3) is 0.147. The molecule has 0 aliphatic carbocycles. The van der Waals surface area contributed by atoms with Gasteiger partial charge in [-0.1, -0.05) is 54.9 Å². The van der Waals surface area contributed by atoms with E-state index in [1.165, 1.54) is 11.8 Å². The monoisotopic (exact) mass is 613 g/mol. The van der Waals surface area contributed by atoms with Gasteiger partial charge in [-0.2, -0.15) is 0 Å². The minimum atomic E-state index is -0.498. The zero-order valence-electron chi connectivity index (χ0n) is 23.8. The van der Waals surface area contributed by atoms with Gasteiger partial charge in [-0.15, -0.1) is 11.8 Å². The van der Waals surface area contributed by atoms with Crippen LogP contribution in [0.4, 0.5) is 11.4 Å². The standard InChI is InChI=1S/C34H32ClN3O4S/c1-3-31(34(41)36-26-17-19-28(20-18-26)42-4-2)43-29-12-8-11-27(22-29)37-33(40)30(21-23-13-15-25(35)16-14-23)38-32(39)24-9-6-5-7-10-24/h5-22,31H,3-4H2,1-2H3,(H,36,41)(H,37,40)(H,38,39)/b30-21-. The van der Waals surface area contributed by atoms with E-state index in [0.717, 1.165) is 10.6 Å². The van der Waals surface area contributed by atoms with Gasteiger partial charge in [0.05, 0.1) is 11.9 Å². The molecule has 43 heavy (non-hydrogen) atoms. The van der Waals surface area contributed by atoms with Gasteiger partial charge in [0.2, 0.25) is 5.91 Å². The predicted molar refractivity (Wildman–Crippen MR) is 175 cm³/mol. The third-order valence-electron chi connectivity index (χ3n) is 6.18. The molecule has 0 fully saturated rings. The van der Waals surface area contributed by atoms with Crippen LogP contribution < -0.4 is 20.7 Å². The number of carbonyl (C=O) groups excluding carboxylic acids is 3. The summed E-state index contributed by atoms with van der Waals surface area (Å²) in [6.07, 6.45) is 2.19. The fourth-order valence-corrected chi connectivity index (χ4v) is 5.16. The van der Waals surface area contributed by atoms with Gasteiger partial charge in [0.15, 0.2) is 0 Å². The molecule has 0 saturated carbocycles. The Morgan fingerprint density at radius 3 is 2.23 bits per heavy atom. The second-order valence-corrected chi connectivity index (χ2v) is 11.1. The summed E-state index contributed by atoms with van der Waals surface area (Å²) >= 11 is 7.42. The molecule has 0 aliphatic heterocycles. The molecular formula is C34H32ClN3O4S. The maximum atomic E-state index is 13.4. The minimum absolute atomic E-state index is 0.0652. The Morgan fingerprint density at radius 1 is 0.837 bits per heavy atom. The first-order chi connectivity index (χ1) is 20.8. The molecule has 0 saturated heterocycles. The Hall–Kier alpha value is -4.53. The van der Waals surface area contributed by atoms with E-state index >= 15 is 0 Å². The first kappa shape index (κ1) is 31.4. The van der Waals surface area contributed by atoms with Crippen LogP contribution in [0, 0.1) is 0 Å². The third kappa shape index (κ3) is 9.49. The lowest BCUT2D eigenvalue weighted by Crippen LogP contribution is -2.30. The molecule has 1 atom stereocenters. The van der Waals surface area contributed by atoms with Crippen LogP contribution in [0.1, 0.15) is 36.2 Å². The molecule has 4 rings (SSSR count). The number of thioether (sulfide) groups is 1. The lowest BCUT2D eigenvalue weighted by atomic mass is 10.1. The quantitative estimate of drug-likeness (QED) is 0.113. The topological polar surface area (TPSA) is 96.5 Å². The number of carbonyl (C=O) groups is 3. The van der Waals surface area contributed by atoms with Gasteiger partial charge >= 0.3 is 0 Å². The molecule has 4 aromatic carbocycles. The number of amides is 3. The van der Waals surface area contributed by atoms with Gasteiger partial charge in [0.1, 0.15) is 11.4 Å². The van der Waals surface area contributed by atoms with Gasteiger partial charge in [-0.05, 0) is 91.7 Å². The molecule has 1 unspecified atom stereocenters. The zero-order valence-corrected chi connectivity index (χ0v) is 25.4. The molecule has 3 amide bonds. The van der Waals surface area contributed by atoms with Gasteiger partial charge in [0, 0.05) is 26.9 Å². The Balaban J connectivity index is 1.46. The first-order valence-electron chi connectivity index (χ1n) is 13.8. The molecule has 0 heterocycles. The smallest absolute Gasteiger partial charge is 0.272 e. The van der Waals surface area contributed by atoms with Gasteiger partial charge in [-0.25, -0.2) is 0 Å². The van der Waals surface area contributed by atoms with E-state index in [1.807, 2.05) is 50.2 Å². The van der Waals surface area contributed by atoms with Crippen LogP contribution in [0.2, 0.25) is 5.02 Å². The Bertz CT molecular complexity index is 1580. The van der Waals surface area contributed by atoms with E-state index < -0.39 is 11.8 Å². The van der Waals surface area contributed by atoms with Crippen LogP contribution in [0.5, 0.6) is 5.75 Å². The Labute approximate surface area is 260 Å². The van der Waals surface area contributed by atoms with Crippen LogP contribution in [0.15, 0.2) is 114 Å². The van der Waals surface area contributed by atoms with Crippen molar-refractivity contribution in [3.8, 4) is 5.75 Å². The van der Waals surface area contributed by atoms with Crippen molar-refractivity contribution in [1.82, 2.24) is 5.32 Å². The lowest BCUT2D eigenvalue weighted by molar-refractivity contribution is -0.116.